The Morgan fingerprint density at radius 2 is 1.67 bits per heavy atom. The highest BCUT2D eigenvalue weighted by molar-refractivity contribution is 5.82. The Labute approximate surface area is 269 Å². The van der Waals surface area contributed by atoms with E-state index in [2.05, 4.69) is 13.5 Å². The van der Waals surface area contributed by atoms with Gasteiger partial charge in [-0.2, -0.15) is 0 Å². The third kappa shape index (κ3) is 15.7. The molecule has 0 aliphatic carbocycles. The van der Waals surface area contributed by atoms with Crippen LogP contribution in [-0.2, 0) is 23.9 Å². The molecule has 0 fully saturated rings. The Balaban J connectivity index is 3.32. The third-order valence-electron chi connectivity index (χ3n) is 8.55. The first-order valence-corrected chi connectivity index (χ1v) is 16.1. The SMILES string of the molecule is C=CC=CC(C)C1OC(=O)C=CC=CC(C)C(O)CC(O)C=CC(C)C(OC(=O)CCC(=O)O)C(C)CC(C)CCC(O)C1C. The molecule has 45 heavy (non-hydrogen) atoms. The second-order valence-electron chi connectivity index (χ2n) is 12.8. The highest BCUT2D eigenvalue weighted by atomic mass is 16.5. The smallest absolute Gasteiger partial charge is 0.331 e. The molecule has 0 amide bonds. The van der Waals surface area contributed by atoms with Crippen LogP contribution in [0.4, 0.5) is 0 Å². The maximum Gasteiger partial charge on any atom is 0.331 e. The molecule has 9 heteroatoms. The molecule has 9 nitrogen and oxygen atoms in total. The van der Waals surface area contributed by atoms with Crippen LogP contribution in [-0.4, -0.2) is 68.9 Å². The molecule has 4 N–H and O–H groups in total. The van der Waals surface area contributed by atoms with E-state index in [4.69, 9.17) is 14.6 Å². The van der Waals surface area contributed by atoms with Gasteiger partial charge in [-0.15, -0.1) is 0 Å². The van der Waals surface area contributed by atoms with Crippen molar-refractivity contribution in [3.05, 3.63) is 61.3 Å². The van der Waals surface area contributed by atoms with Gasteiger partial charge in [0.25, 0.3) is 0 Å². The van der Waals surface area contributed by atoms with Crippen LogP contribution in [0.5, 0.6) is 0 Å². The van der Waals surface area contributed by atoms with Crippen molar-refractivity contribution < 1.29 is 44.3 Å². The van der Waals surface area contributed by atoms with Gasteiger partial charge in [-0.25, -0.2) is 4.79 Å². The number of rotatable bonds is 7. The number of ether oxygens (including phenoxy) is 2. The van der Waals surface area contributed by atoms with E-state index in [0.717, 1.165) is 0 Å². The van der Waals surface area contributed by atoms with Gasteiger partial charge in [0, 0.05) is 36.2 Å². The summed E-state index contributed by atoms with van der Waals surface area (Å²) >= 11 is 0. The van der Waals surface area contributed by atoms with Gasteiger partial charge in [-0.05, 0) is 31.1 Å². The minimum absolute atomic E-state index is 0.0775. The molecule has 11 atom stereocenters. The van der Waals surface area contributed by atoms with Gasteiger partial charge in [0.15, 0.2) is 0 Å². The lowest BCUT2D eigenvalue weighted by molar-refractivity contribution is -0.156. The number of hydrogen-bond donors (Lipinski definition) is 4. The Bertz CT molecular complexity index is 1050. The Hall–Kier alpha value is -3.01. The summed E-state index contributed by atoms with van der Waals surface area (Å²) in [5.41, 5.74) is 0. The maximum atomic E-state index is 12.7. The number of carboxylic acid groups (broad SMARTS) is 1. The van der Waals surface area contributed by atoms with E-state index >= 15 is 0 Å². The van der Waals surface area contributed by atoms with Crippen molar-refractivity contribution in [3.63, 3.8) is 0 Å². The van der Waals surface area contributed by atoms with Crippen molar-refractivity contribution in [2.24, 2.45) is 35.5 Å². The highest BCUT2D eigenvalue weighted by Crippen LogP contribution is 2.30. The van der Waals surface area contributed by atoms with Gasteiger partial charge < -0.3 is 29.9 Å². The molecular formula is C36H56O9. The lowest BCUT2D eigenvalue weighted by atomic mass is 9.82. The Kier molecular flexibility index (Phi) is 18.6. The van der Waals surface area contributed by atoms with Crippen molar-refractivity contribution >= 4 is 17.9 Å². The molecular weight excluding hydrogens is 576 g/mol. The number of aliphatic carboxylic acids is 1. The van der Waals surface area contributed by atoms with E-state index < -0.39 is 48.4 Å². The monoisotopic (exact) mass is 632 g/mol. The predicted molar refractivity (Wildman–Crippen MR) is 175 cm³/mol. The van der Waals surface area contributed by atoms with Crippen LogP contribution in [0.2, 0.25) is 0 Å². The molecule has 1 aliphatic heterocycles. The van der Waals surface area contributed by atoms with Gasteiger partial charge >= 0.3 is 17.9 Å². The van der Waals surface area contributed by atoms with E-state index in [9.17, 15) is 29.7 Å². The van der Waals surface area contributed by atoms with Gasteiger partial charge in [-0.3, -0.25) is 9.59 Å². The average Bonchev–Trinajstić information content (AvgIpc) is 2.98. The minimum atomic E-state index is -1.08. The van der Waals surface area contributed by atoms with E-state index in [1.54, 1.807) is 49.5 Å². The van der Waals surface area contributed by atoms with Crippen LogP contribution in [0.15, 0.2) is 61.3 Å². The van der Waals surface area contributed by atoms with Gasteiger partial charge in [0.2, 0.25) is 0 Å². The van der Waals surface area contributed by atoms with Crippen molar-refractivity contribution in [3.8, 4) is 0 Å². The van der Waals surface area contributed by atoms with Crippen LogP contribution < -0.4 is 0 Å². The number of cyclic esters (lactones) is 1. The van der Waals surface area contributed by atoms with E-state index in [0.29, 0.717) is 19.3 Å². The number of carbonyl (C=O) groups excluding carboxylic acids is 2. The standard InChI is InChI=1S/C36H56O9/c1-8-9-12-25(4)36-28(7)30(38)18-15-23(2)21-27(6)35(44-34(43)20-19-32(40)41)26(5)16-17-29(37)22-31(39)24(3)13-10-11-14-33(42)45-36/h8-14,16-17,23-31,35-39H,1,15,18-22H2,2-7H3,(H,40,41). The zero-order chi connectivity index (χ0) is 34.1. The maximum absolute atomic E-state index is 12.7. The summed E-state index contributed by atoms with van der Waals surface area (Å²) in [4.78, 5) is 36.3. The summed E-state index contributed by atoms with van der Waals surface area (Å²) in [6.45, 7) is 15.2. The third-order valence-corrected chi connectivity index (χ3v) is 8.55. The van der Waals surface area contributed by atoms with E-state index in [1.165, 1.54) is 6.08 Å². The summed E-state index contributed by atoms with van der Waals surface area (Å²) < 4.78 is 11.6. The Morgan fingerprint density at radius 1 is 0.978 bits per heavy atom. The second-order valence-corrected chi connectivity index (χ2v) is 12.8. The van der Waals surface area contributed by atoms with Crippen molar-refractivity contribution in [2.75, 3.05) is 0 Å². The summed E-state index contributed by atoms with van der Waals surface area (Å²) in [6, 6.07) is 0. The topological polar surface area (TPSA) is 151 Å². The normalized spacial score (nSPS) is 33.8. The number of hydrogen-bond acceptors (Lipinski definition) is 8. The lowest BCUT2D eigenvalue weighted by Gasteiger charge is -2.32. The fourth-order valence-corrected chi connectivity index (χ4v) is 5.67. The van der Waals surface area contributed by atoms with Crippen LogP contribution >= 0.6 is 0 Å². The fraction of sp³-hybridized carbons (Fsp3) is 0.639. The molecule has 254 valence electrons. The van der Waals surface area contributed by atoms with Crippen LogP contribution in [0.1, 0.15) is 80.1 Å². The molecule has 0 saturated heterocycles. The first kappa shape index (κ1) is 40.0. The second kappa shape index (κ2) is 20.9. The number of aliphatic hydroxyl groups is 3. The quantitative estimate of drug-likeness (QED) is 0.161. The molecule has 1 heterocycles. The van der Waals surface area contributed by atoms with Crippen molar-refractivity contribution in [1.29, 1.82) is 0 Å². The molecule has 0 aromatic rings. The zero-order valence-corrected chi connectivity index (χ0v) is 27.8. The van der Waals surface area contributed by atoms with Gasteiger partial charge in [0.05, 0.1) is 31.2 Å². The summed E-state index contributed by atoms with van der Waals surface area (Å²) in [5.74, 6) is -3.35. The summed E-state index contributed by atoms with van der Waals surface area (Å²) in [5, 5.41) is 41.4. The molecule has 0 aromatic carbocycles. The summed E-state index contributed by atoms with van der Waals surface area (Å²) in [7, 11) is 0. The fourth-order valence-electron chi connectivity index (χ4n) is 5.67. The molecule has 0 radical (unpaired) electrons. The Morgan fingerprint density at radius 3 is 2.31 bits per heavy atom. The largest absolute Gasteiger partial charge is 0.481 e. The van der Waals surface area contributed by atoms with Crippen LogP contribution in [0, 0.1) is 35.5 Å². The number of allylic oxidation sites excluding steroid dienone is 4. The highest BCUT2D eigenvalue weighted by Gasteiger charge is 2.32. The summed E-state index contributed by atoms with van der Waals surface area (Å²) in [6.07, 6.45) is 12.5. The average molecular weight is 633 g/mol. The minimum Gasteiger partial charge on any atom is -0.481 e. The van der Waals surface area contributed by atoms with Crippen molar-refractivity contribution in [2.45, 2.75) is 111 Å². The van der Waals surface area contributed by atoms with Crippen LogP contribution in [0.25, 0.3) is 0 Å². The van der Waals surface area contributed by atoms with E-state index in [-0.39, 0.29) is 54.8 Å². The van der Waals surface area contributed by atoms with Gasteiger partial charge in [0.1, 0.15) is 12.2 Å². The molecule has 0 bridgehead atoms. The number of carboxylic acids is 1. The van der Waals surface area contributed by atoms with Gasteiger partial charge in [-0.1, -0.05) is 96.7 Å². The molecule has 11 unspecified atom stereocenters. The molecule has 0 aromatic heterocycles. The molecule has 0 spiro atoms. The predicted octanol–water partition coefficient (Wildman–Crippen LogP) is 5.56. The molecule has 1 aliphatic rings. The number of carbonyl (C=O) groups is 3. The number of aliphatic hydroxyl groups excluding tert-OH is 3. The molecule has 0 saturated carbocycles. The first-order valence-electron chi connectivity index (χ1n) is 16.1. The van der Waals surface area contributed by atoms with E-state index in [1.807, 2.05) is 33.8 Å². The zero-order valence-electron chi connectivity index (χ0n) is 27.8. The van der Waals surface area contributed by atoms with Crippen molar-refractivity contribution in [1.82, 2.24) is 0 Å². The lowest BCUT2D eigenvalue weighted by Crippen LogP contribution is -2.37. The van der Waals surface area contributed by atoms with Crippen LogP contribution in [0.3, 0.4) is 0 Å². The molecule has 1 rings (SSSR count). The number of esters is 2. The first-order chi connectivity index (χ1) is 21.2.